The van der Waals surface area contributed by atoms with Crippen LogP contribution in [0.4, 0.5) is 9.18 Å². The first kappa shape index (κ1) is 22.2. The van der Waals surface area contributed by atoms with Crippen LogP contribution in [0.5, 0.6) is 5.88 Å². The monoisotopic (exact) mass is 494 g/mol. The Bertz CT molecular complexity index is 1340. The molecule has 3 aliphatic rings. The summed E-state index contributed by atoms with van der Waals surface area (Å²) < 4.78 is 32.3. The zero-order valence-corrected chi connectivity index (χ0v) is 19.9. The van der Waals surface area contributed by atoms with Crippen molar-refractivity contribution >= 4 is 27.6 Å². The molecule has 2 aromatic heterocycles. The fourth-order valence-electron chi connectivity index (χ4n) is 4.87. The van der Waals surface area contributed by atoms with Crippen LogP contribution in [-0.2, 0) is 9.47 Å². The summed E-state index contributed by atoms with van der Waals surface area (Å²) in [6.45, 7) is 3.95. The van der Waals surface area contributed by atoms with Gasteiger partial charge in [-0.05, 0) is 31.9 Å². The summed E-state index contributed by atoms with van der Waals surface area (Å²) in [5.74, 6) is -0.00316. The minimum Gasteiger partial charge on any atom is -0.472 e. The van der Waals surface area contributed by atoms with E-state index >= 15 is 0 Å². The van der Waals surface area contributed by atoms with Gasteiger partial charge in [0, 0.05) is 41.4 Å². The van der Waals surface area contributed by atoms with Gasteiger partial charge in [-0.3, -0.25) is 0 Å². The Morgan fingerprint density at radius 2 is 2.03 bits per heavy atom. The third-order valence-corrected chi connectivity index (χ3v) is 7.97. The van der Waals surface area contributed by atoms with E-state index < -0.39 is 5.82 Å². The predicted octanol–water partition coefficient (Wildman–Crippen LogP) is 4.38. The number of aromatic nitrogens is 2. The minimum absolute atomic E-state index is 0.00574. The Balaban J connectivity index is 1.26. The highest BCUT2D eigenvalue weighted by atomic mass is 32.1. The first-order valence-corrected chi connectivity index (χ1v) is 12.5. The number of carbonyl (C=O) groups excluding carboxylic acids is 1. The van der Waals surface area contributed by atoms with Crippen molar-refractivity contribution in [3.8, 4) is 23.1 Å². The second kappa shape index (κ2) is 8.43. The van der Waals surface area contributed by atoms with Gasteiger partial charge in [-0.2, -0.15) is 5.26 Å². The van der Waals surface area contributed by atoms with Crippen molar-refractivity contribution in [1.29, 1.82) is 5.26 Å². The molecule has 6 rings (SSSR count). The van der Waals surface area contributed by atoms with Crippen LogP contribution in [0, 0.1) is 29.0 Å². The fourth-order valence-corrected chi connectivity index (χ4v) is 5.82. The van der Waals surface area contributed by atoms with E-state index in [1.165, 1.54) is 29.8 Å². The number of halogens is 1. The van der Waals surface area contributed by atoms with Crippen LogP contribution in [-0.4, -0.2) is 59.0 Å². The van der Waals surface area contributed by atoms with E-state index in [1.54, 1.807) is 11.0 Å². The van der Waals surface area contributed by atoms with Crippen LogP contribution in [0.1, 0.15) is 25.3 Å². The van der Waals surface area contributed by atoms with Gasteiger partial charge in [0.2, 0.25) is 5.88 Å². The summed E-state index contributed by atoms with van der Waals surface area (Å²) in [5, 5.41) is 11.4. The number of nitriles is 1. The molecule has 8 nitrogen and oxygen atoms in total. The first-order valence-electron chi connectivity index (χ1n) is 11.6. The molecule has 0 radical (unpaired) electrons. The maximum atomic E-state index is 13.7. The maximum absolute atomic E-state index is 13.7. The zero-order chi connectivity index (χ0) is 24.2. The van der Waals surface area contributed by atoms with Gasteiger partial charge in [0.25, 0.3) is 0 Å². The number of benzene rings is 1. The molecule has 1 amide bonds. The predicted molar refractivity (Wildman–Crippen MR) is 125 cm³/mol. The van der Waals surface area contributed by atoms with Gasteiger partial charge in [0.1, 0.15) is 28.5 Å². The normalized spacial score (nSPS) is 24.6. The SMILES string of the molecule is CC1(OC(=O)N2CC3COCC(C2)C3Oc2ncnc3c(-c4ccc(F)cc4C#N)csc23)CC1. The molecule has 0 N–H and O–H groups in total. The number of nitrogens with zero attached hydrogens (tertiary/aromatic N) is 4. The Kier molecular flexibility index (Phi) is 5.34. The van der Waals surface area contributed by atoms with Crippen LogP contribution >= 0.6 is 11.3 Å². The summed E-state index contributed by atoms with van der Waals surface area (Å²) in [4.78, 5) is 23.3. The quantitative estimate of drug-likeness (QED) is 0.531. The van der Waals surface area contributed by atoms with Crippen molar-refractivity contribution in [3.63, 3.8) is 0 Å². The number of hydrogen-bond acceptors (Lipinski definition) is 8. The topological polar surface area (TPSA) is 97.6 Å². The Hall–Kier alpha value is -3.29. The smallest absolute Gasteiger partial charge is 0.410 e. The van der Waals surface area contributed by atoms with E-state index in [1.807, 2.05) is 12.3 Å². The average molecular weight is 495 g/mol. The molecule has 1 saturated carbocycles. The molecule has 2 saturated heterocycles. The molecule has 1 aromatic carbocycles. The van der Waals surface area contributed by atoms with Crippen LogP contribution in [0.15, 0.2) is 29.9 Å². The molecule has 0 spiro atoms. The van der Waals surface area contributed by atoms with Gasteiger partial charge in [-0.25, -0.2) is 19.2 Å². The molecular formula is C25H23FN4O4S. The van der Waals surface area contributed by atoms with Crippen molar-refractivity contribution in [1.82, 2.24) is 14.9 Å². The Morgan fingerprint density at radius 3 is 2.74 bits per heavy atom. The number of likely N-dealkylation sites (tertiary alicyclic amines) is 1. The molecule has 2 aliphatic heterocycles. The van der Waals surface area contributed by atoms with E-state index in [2.05, 4.69) is 16.0 Å². The summed E-state index contributed by atoms with van der Waals surface area (Å²) >= 11 is 1.43. The van der Waals surface area contributed by atoms with Gasteiger partial charge >= 0.3 is 6.09 Å². The lowest BCUT2D eigenvalue weighted by Crippen LogP contribution is -2.59. The van der Waals surface area contributed by atoms with E-state index in [0.717, 1.165) is 23.1 Å². The molecule has 35 heavy (non-hydrogen) atoms. The third kappa shape index (κ3) is 4.09. The second-order valence-corrected chi connectivity index (χ2v) is 10.6. The zero-order valence-electron chi connectivity index (χ0n) is 19.1. The molecule has 10 heteroatoms. The third-order valence-electron chi connectivity index (χ3n) is 7.01. The number of ether oxygens (including phenoxy) is 3. The standard InChI is InChI=1S/C25H23FN4O4S/c1-25(4-5-25)34-24(31)30-8-15-10-32-11-16(9-30)21(15)33-23-22-20(28-13-29-23)19(12-35-22)18-3-2-17(26)6-14(18)7-27/h2-3,6,12-13,15-16,21H,4-5,8-11H2,1H3. The summed E-state index contributed by atoms with van der Waals surface area (Å²) in [7, 11) is 0. The maximum Gasteiger partial charge on any atom is 0.410 e. The lowest BCUT2D eigenvalue weighted by molar-refractivity contribution is -0.111. The van der Waals surface area contributed by atoms with Gasteiger partial charge < -0.3 is 19.1 Å². The van der Waals surface area contributed by atoms with Gasteiger partial charge in [0.05, 0.1) is 30.4 Å². The molecule has 180 valence electrons. The van der Waals surface area contributed by atoms with Gasteiger partial charge in [-0.15, -0.1) is 11.3 Å². The van der Waals surface area contributed by atoms with E-state index in [0.29, 0.717) is 43.3 Å². The molecular weight excluding hydrogens is 471 g/mol. The highest BCUT2D eigenvalue weighted by Crippen LogP contribution is 2.41. The fraction of sp³-hybridized carbons (Fsp3) is 0.440. The van der Waals surface area contributed by atoms with Crippen LogP contribution in [0.3, 0.4) is 0 Å². The number of carbonyl (C=O) groups is 1. The van der Waals surface area contributed by atoms with Crippen molar-refractivity contribution in [2.75, 3.05) is 26.3 Å². The average Bonchev–Trinajstić information content (AvgIpc) is 3.40. The minimum atomic E-state index is -0.460. The van der Waals surface area contributed by atoms with E-state index in [-0.39, 0.29) is 35.2 Å². The number of rotatable bonds is 4. The van der Waals surface area contributed by atoms with Crippen molar-refractivity contribution in [2.24, 2.45) is 11.8 Å². The van der Waals surface area contributed by atoms with Crippen molar-refractivity contribution in [2.45, 2.75) is 31.5 Å². The van der Waals surface area contributed by atoms with Crippen molar-refractivity contribution < 1.29 is 23.4 Å². The molecule has 3 aromatic rings. The largest absolute Gasteiger partial charge is 0.472 e. The number of hydrogen-bond donors (Lipinski definition) is 0. The lowest BCUT2D eigenvalue weighted by Gasteiger charge is -2.46. The van der Waals surface area contributed by atoms with Crippen LogP contribution in [0.2, 0.25) is 0 Å². The summed E-state index contributed by atoms with van der Waals surface area (Å²) in [6, 6.07) is 6.21. The molecule has 2 bridgehead atoms. The number of amides is 1. The number of fused-ring (bicyclic) bond motifs is 3. The van der Waals surface area contributed by atoms with Gasteiger partial charge in [0.15, 0.2) is 0 Å². The number of piperidine rings is 1. The Labute approximate surface area is 205 Å². The summed E-state index contributed by atoms with van der Waals surface area (Å²) in [5.41, 5.74) is 1.95. The van der Waals surface area contributed by atoms with E-state index in [9.17, 15) is 14.4 Å². The van der Waals surface area contributed by atoms with E-state index in [4.69, 9.17) is 14.2 Å². The molecule has 2 atom stereocenters. The molecule has 2 unspecified atom stereocenters. The molecule has 4 heterocycles. The first-order chi connectivity index (χ1) is 16.9. The summed E-state index contributed by atoms with van der Waals surface area (Å²) in [6.07, 6.45) is 2.84. The second-order valence-electron chi connectivity index (χ2n) is 9.67. The molecule has 3 fully saturated rings. The number of thiophene rings is 1. The van der Waals surface area contributed by atoms with Crippen LogP contribution in [0.25, 0.3) is 21.3 Å². The highest BCUT2D eigenvalue weighted by Gasteiger charge is 2.47. The lowest BCUT2D eigenvalue weighted by atomic mass is 9.84. The van der Waals surface area contributed by atoms with Crippen molar-refractivity contribution in [3.05, 3.63) is 41.3 Å². The Morgan fingerprint density at radius 1 is 1.26 bits per heavy atom. The highest BCUT2D eigenvalue weighted by molar-refractivity contribution is 7.18. The molecule has 1 aliphatic carbocycles. The van der Waals surface area contributed by atoms with Crippen LogP contribution < -0.4 is 4.74 Å². The van der Waals surface area contributed by atoms with Gasteiger partial charge in [-0.1, -0.05) is 6.07 Å².